The molecule has 1 aromatic rings. The second kappa shape index (κ2) is 4.31. The van der Waals surface area contributed by atoms with Crippen LogP contribution in [0.2, 0.25) is 5.15 Å². The summed E-state index contributed by atoms with van der Waals surface area (Å²) in [6.07, 6.45) is 1.45. The molecule has 1 saturated heterocycles. The van der Waals surface area contributed by atoms with Gasteiger partial charge in [-0.3, -0.25) is 9.69 Å². The normalized spacial score (nSPS) is 20.6. The van der Waals surface area contributed by atoms with Gasteiger partial charge in [0.1, 0.15) is 6.33 Å². The highest BCUT2D eigenvalue weighted by Crippen LogP contribution is 2.27. The van der Waals surface area contributed by atoms with E-state index < -0.39 is 5.82 Å². The van der Waals surface area contributed by atoms with Crippen molar-refractivity contribution in [3.8, 4) is 0 Å². The van der Waals surface area contributed by atoms with Gasteiger partial charge in [0, 0.05) is 13.0 Å². The summed E-state index contributed by atoms with van der Waals surface area (Å²) < 4.78 is 13.6. The standard InChI is InChI=1S/C9H10ClFN4O/c10-8-7(11)9(14-4-13-8)15-3-5(2-12)1-6(15)16/h4-5H,1-3,12H2. The van der Waals surface area contributed by atoms with Crippen molar-refractivity contribution in [1.29, 1.82) is 0 Å². The van der Waals surface area contributed by atoms with Crippen LogP contribution in [0.5, 0.6) is 0 Å². The quantitative estimate of drug-likeness (QED) is 0.773. The van der Waals surface area contributed by atoms with Crippen LogP contribution in [0, 0.1) is 11.7 Å². The first-order valence-electron chi connectivity index (χ1n) is 4.80. The Morgan fingerprint density at radius 1 is 1.62 bits per heavy atom. The van der Waals surface area contributed by atoms with Gasteiger partial charge in [-0.2, -0.15) is 4.39 Å². The van der Waals surface area contributed by atoms with Gasteiger partial charge in [-0.25, -0.2) is 9.97 Å². The molecule has 5 nitrogen and oxygen atoms in total. The van der Waals surface area contributed by atoms with Gasteiger partial charge in [0.05, 0.1) is 0 Å². The molecule has 2 heterocycles. The third-order valence-corrected chi connectivity index (χ3v) is 2.79. The molecule has 1 atom stereocenters. The maximum absolute atomic E-state index is 13.6. The van der Waals surface area contributed by atoms with Crippen molar-refractivity contribution in [1.82, 2.24) is 9.97 Å². The van der Waals surface area contributed by atoms with Crippen LogP contribution in [-0.2, 0) is 4.79 Å². The molecule has 1 aliphatic heterocycles. The Morgan fingerprint density at radius 2 is 2.38 bits per heavy atom. The number of amides is 1. The monoisotopic (exact) mass is 244 g/mol. The Bertz CT molecular complexity index is 428. The zero-order valence-electron chi connectivity index (χ0n) is 8.36. The minimum Gasteiger partial charge on any atom is -0.330 e. The first kappa shape index (κ1) is 11.2. The first-order chi connectivity index (χ1) is 7.63. The number of hydrogen-bond donors (Lipinski definition) is 1. The van der Waals surface area contributed by atoms with Crippen LogP contribution in [0.25, 0.3) is 0 Å². The van der Waals surface area contributed by atoms with E-state index in [2.05, 4.69) is 9.97 Å². The molecule has 0 spiro atoms. The van der Waals surface area contributed by atoms with Gasteiger partial charge in [0.25, 0.3) is 0 Å². The smallest absolute Gasteiger partial charge is 0.228 e. The SMILES string of the molecule is NCC1CC(=O)N(c2ncnc(Cl)c2F)C1. The Hall–Kier alpha value is -1.27. The Balaban J connectivity index is 2.31. The molecule has 2 N–H and O–H groups in total. The van der Waals surface area contributed by atoms with Crippen molar-refractivity contribution < 1.29 is 9.18 Å². The Labute approximate surface area is 96.4 Å². The van der Waals surface area contributed by atoms with Gasteiger partial charge >= 0.3 is 0 Å². The molecule has 1 aromatic heterocycles. The van der Waals surface area contributed by atoms with Crippen LogP contribution >= 0.6 is 11.6 Å². The Morgan fingerprint density at radius 3 is 3.00 bits per heavy atom. The van der Waals surface area contributed by atoms with E-state index in [-0.39, 0.29) is 22.8 Å². The molecular formula is C9H10ClFN4O. The second-order valence-electron chi connectivity index (χ2n) is 3.61. The fourth-order valence-corrected chi connectivity index (χ4v) is 1.80. The summed E-state index contributed by atoms with van der Waals surface area (Å²) in [5, 5.41) is -0.283. The highest BCUT2D eigenvalue weighted by atomic mass is 35.5. The predicted molar refractivity (Wildman–Crippen MR) is 56.5 cm³/mol. The zero-order chi connectivity index (χ0) is 11.7. The fraction of sp³-hybridized carbons (Fsp3) is 0.444. The van der Waals surface area contributed by atoms with Gasteiger partial charge in [-0.15, -0.1) is 0 Å². The summed E-state index contributed by atoms with van der Waals surface area (Å²) in [5.41, 5.74) is 5.47. The number of carbonyl (C=O) groups is 1. The highest BCUT2D eigenvalue weighted by Gasteiger charge is 2.32. The number of nitrogens with two attached hydrogens (primary N) is 1. The molecule has 0 aliphatic carbocycles. The summed E-state index contributed by atoms with van der Waals surface area (Å²) in [7, 11) is 0. The lowest BCUT2D eigenvalue weighted by Gasteiger charge is -2.15. The molecule has 0 saturated carbocycles. The maximum atomic E-state index is 13.6. The van der Waals surface area contributed by atoms with Crippen LogP contribution in [-0.4, -0.2) is 29.0 Å². The third-order valence-electron chi connectivity index (χ3n) is 2.52. The molecule has 1 amide bonds. The molecule has 16 heavy (non-hydrogen) atoms. The number of rotatable bonds is 2. The van der Waals surface area contributed by atoms with Gasteiger partial charge in [0.15, 0.2) is 11.0 Å². The van der Waals surface area contributed by atoms with Crippen molar-refractivity contribution in [2.45, 2.75) is 6.42 Å². The van der Waals surface area contributed by atoms with Gasteiger partial charge < -0.3 is 5.73 Å². The molecule has 0 radical (unpaired) electrons. The second-order valence-corrected chi connectivity index (χ2v) is 3.97. The molecule has 0 aromatic carbocycles. The van der Waals surface area contributed by atoms with Crippen molar-refractivity contribution >= 4 is 23.3 Å². The van der Waals surface area contributed by atoms with Crippen LogP contribution in [0.3, 0.4) is 0 Å². The highest BCUT2D eigenvalue weighted by molar-refractivity contribution is 6.29. The zero-order valence-corrected chi connectivity index (χ0v) is 9.12. The molecule has 1 aliphatic rings. The van der Waals surface area contributed by atoms with Crippen LogP contribution < -0.4 is 10.6 Å². The lowest BCUT2D eigenvalue weighted by Crippen LogP contribution is -2.27. The summed E-state index contributed by atoms with van der Waals surface area (Å²) in [5.74, 6) is -0.985. The van der Waals surface area contributed by atoms with Gasteiger partial charge in [-0.1, -0.05) is 11.6 Å². The third kappa shape index (κ3) is 1.85. The van der Waals surface area contributed by atoms with Gasteiger partial charge in [-0.05, 0) is 12.5 Å². The fourth-order valence-electron chi connectivity index (χ4n) is 1.67. The van der Waals surface area contributed by atoms with E-state index in [0.29, 0.717) is 19.5 Å². The molecule has 0 bridgehead atoms. The molecule has 86 valence electrons. The minimum absolute atomic E-state index is 0.0423. The van der Waals surface area contributed by atoms with E-state index in [1.807, 2.05) is 0 Å². The predicted octanol–water partition coefficient (Wildman–Crippen LogP) is 0.581. The van der Waals surface area contributed by atoms with Crippen LogP contribution in [0.4, 0.5) is 10.2 Å². The van der Waals surface area contributed by atoms with Crippen LogP contribution in [0.15, 0.2) is 6.33 Å². The molecule has 7 heteroatoms. The molecule has 1 fully saturated rings. The lowest BCUT2D eigenvalue weighted by atomic mass is 10.1. The largest absolute Gasteiger partial charge is 0.330 e. The molecule has 1 unspecified atom stereocenters. The average Bonchev–Trinajstić information content (AvgIpc) is 2.64. The van der Waals surface area contributed by atoms with E-state index in [0.717, 1.165) is 6.33 Å². The summed E-state index contributed by atoms with van der Waals surface area (Å²) in [6, 6.07) is 0. The summed E-state index contributed by atoms with van der Waals surface area (Å²) in [4.78, 5) is 20.1. The Kier molecular flexibility index (Phi) is 3.02. The molecular weight excluding hydrogens is 235 g/mol. The van der Waals surface area contributed by atoms with Crippen molar-refractivity contribution in [3.63, 3.8) is 0 Å². The minimum atomic E-state index is -0.768. The number of anilines is 1. The summed E-state index contributed by atoms with van der Waals surface area (Å²) >= 11 is 5.52. The number of carbonyl (C=O) groups excluding carboxylic acids is 1. The average molecular weight is 245 g/mol. The first-order valence-corrected chi connectivity index (χ1v) is 5.17. The van der Waals surface area contributed by atoms with E-state index in [9.17, 15) is 9.18 Å². The lowest BCUT2D eigenvalue weighted by molar-refractivity contribution is -0.117. The number of nitrogens with zero attached hydrogens (tertiary/aromatic N) is 3. The van der Waals surface area contributed by atoms with Gasteiger partial charge in [0.2, 0.25) is 11.7 Å². The van der Waals surface area contributed by atoms with E-state index in [1.54, 1.807) is 0 Å². The number of aromatic nitrogens is 2. The summed E-state index contributed by atoms with van der Waals surface area (Å²) in [6.45, 7) is 0.766. The van der Waals surface area contributed by atoms with Crippen molar-refractivity contribution in [3.05, 3.63) is 17.3 Å². The topological polar surface area (TPSA) is 72.1 Å². The van der Waals surface area contributed by atoms with E-state index in [1.165, 1.54) is 4.90 Å². The number of hydrogen-bond acceptors (Lipinski definition) is 4. The maximum Gasteiger partial charge on any atom is 0.228 e. The van der Waals surface area contributed by atoms with Crippen LogP contribution in [0.1, 0.15) is 6.42 Å². The van der Waals surface area contributed by atoms with E-state index >= 15 is 0 Å². The van der Waals surface area contributed by atoms with E-state index in [4.69, 9.17) is 17.3 Å². The molecule has 2 rings (SSSR count). The van der Waals surface area contributed by atoms with Crippen molar-refractivity contribution in [2.24, 2.45) is 11.7 Å². The van der Waals surface area contributed by atoms with Crippen molar-refractivity contribution in [2.75, 3.05) is 18.0 Å². The number of halogens is 2.